The van der Waals surface area contributed by atoms with Crippen LogP contribution in [0, 0.1) is 17.3 Å². The van der Waals surface area contributed by atoms with E-state index in [1.807, 2.05) is 0 Å². The Morgan fingerprint density at radius 3 is 2.90 bits per heavy atom. The van der Waals surface area contributed by atoms with Gasteiger partial charge in [0.1, 0.15) is 0 Å². The SMILES string of the molecule is CC1CC(C(=O)Nc2cnccc2CO)CC(C)(C)C1. The maximum atomic E-state index is 12.4. The monoisotopic (exact) mass is 276 g/mol. The third-order valence-electron chi connectivity index (χ3n) is 4.10. The average molecular weight is 276 g/mol. The molecule has 0 aliphatic heterocycles. The molecule has 4 heteroatoms. The second-order valence-corrected chi connectivity index (χ2v) is 6.79. The summed E-state index contributed by atoms with van der Waals surface area (Å²) in [5.74, 6) is 0.661. The zero-order chi connectivity index (χ0) is 14.8. The second kappa shape index (κ2) is 5.92. The highest BCUT2D eigenvalue weighted by atomic mass is 16.3. The lowest BCUT2D eigenvalue weighted by atomic mass is 9.68. The van der Waals surface area contributed by atoms with Crippen molar-refractivity contribution in [2.45, 2.75) is 46.6 Å². The van der Waals surface area contributed by atoms with E-state index in [2.05, 4.69) is 31.1 Å². The lowest BCUT2D eigenvalue weighted by molar-refractivity contribution is -0.122. The number of hydrogen-bond acceptors (Lipinski definition) is 3. The first-order valence-corrected chi connectivity index (χ1v) is 7.26. The van der Waals surface area contributed by atoms with Crippen LogP contribution in [0.25, 0.3) is 0 Å². The maximum Gasteiger partial charge on any atom is 0.227 e. The lowest BCUT2D eigenvalue weighted by Gasteiger charge is -2.38. The topological polar surface area (TPSA) is 62.2 Å². The largest absolute Gasteiger partial charge is 0.392 e. The van der Waals surface area contributed by atoms with Crippen LogP contribution in [0.5, 0.6) is 0 Å². The summed E-state index contributed by atoms with van der Waals surface area (Å²) in [5, 5.41) is 12.2. The number of aliphatic hydroxyl groups excluding tert-OH is 1. The highest BCUT2D eigenvalue weighted by molar-refractivity contribution is 5.93. The Morgan fingerprint density at radius 2 is 2.25 bits per heavy atom. The van der Waals surface area contributed by atoms with Crippen molar-refractivity contribution in [2.24, 2.45) is 17.3 Å². The van der Waals surface area contributed by atoms with Gasteiger partial charge in [0.15, 0.2) is 0 Å². The third kappa shape index (κ3) is 3.57. The van der Waals surface area contributed by atoms with Crippen molar-refractivity contribution in [2.75, 3.05) is 5.32 Å². The van der Waals surface area contributed by atoms with Crippen LogP contribution in [0.15, 0.2) is 18.5 Å². The molecular formula is C16H24N2O2. The van der Waals surface area contributed by atoms with Crippen LogP contribution in [0.3, 0.4) is 0 Å². The number of anilines is 1. The first kappa shape index (κ1) is 15.0. The molecule has 1 aromatic rings. The van der Waals surface area contributed by atoms with Crippen LogP contribution in [0.2, 0.25) is 0 Å². The fourth-order valence-corrected chi connectivity index (χ4v) is 3.45. The normalized spacial score (nSPS) is 25.2. The lowest BCUT2D eigenvalue weighted by Crippen LogP contribution is -2.35. The number of rotatable bonds is 3. The molecule has 1 aliphatic rings. The van der Waals surface area contributed by atoms with Gasteiger partial charge < -0.3 is 10.4 Å². The predicted octanol–water partition coefficient (Wildman–Crippen LogP) is 2.97. The van der Waals surface area contributed by atoms with E-state index in [1.54, 1.807) is 18.5 Å². The van der Waals surface area contributed by atoms with E-state index in [1.165, 1.54) is 6.42 Å². The van der Waals surface area contributed by atoms with E-state index >= 15 is 0 Å². The molecule has 2 N–H and O–H groups in total. The summed E-state index contributed by atoms with van der Waals surface area (Å²) in [5.41, 5.74) is 1.54. The molecule has 0 aromatic carbocycles. The summed E-state index contributed by atoms with van der Waals surface area (Å²) >= 11 is 0. The van der Waals surface area contributed by atoms with Crippen molar-refractivity contribution < 1.29 is 9.90 Å². The standard InChI is InChI=1S/C16H24N2O2/c1-11-6-13(8-16(2,3)7-11)15(20)18-14-9-17-5-4-12(14)10-19/h4-5,9,11,13,19H,6-8,10H2,1-3H3,(H,18,20). The summed E-state index contributed by atoms with van der Waals surface area (Å²) in [6, 6.07) is 1.73. The number of nitrogens with zero attached hydrogens (tertiary/aromatic N) is 1. The summed E-state index contributed by atoms with van der Waals surface area (Å²) in [6.07, 6.45) is 6.24. The number of hydrogen-bond donors (Lipinski definition) is 2. The number of aromatic nitrogens is 1. The molecule has 2 rings (SSSR count). The summed E-state index contributed by atoms with van der Waals surface area (Å²) in [6.45, 7) is 6.58. The van der Waals surface area contributed by atoms with Crippen LogP contribution in [0.4, 0.5) is 5.69 Å². The van der Waals surface area contributed by atoms with Gasteiger partial charge in [0.2, 0.25) is 5.91 Å². The molecule has 1 aliphatic carbocycles. The molecule has 110 valence electrons. The van der Waals surface area contributed by atoms with E-state index in [4.69, 9.17) is 0 Å². The molecule has 1 saturated carbocycles. The number of carbonyl (C=O) groups is 1. The Balaban J connectivity index is 2.08. The molecule has 0 radical (unpaired) electrons. The predicted molar refractivity (Wildman–Crippen MR) is 79.1 cm³/mol. The van der Waals surface area contributed by atoms with Crippen LogP contribution in [0.1, 0.15) is 45.6 Å². The zero-order valence-electron chi connectivity index (χ0n) is 12.5. The molecule has 1 amide bonds. The summed E-state index contributed by atoms with van der Waals surface area (Å²) in [4.78, 5) is 16.5. The van der Waals surface area contributed by atoms with Gasteiger partial charge in [-0.15, -0.1) is 0 Å². The average Bonchev–Trinajstić information content (AvgIpc) is 2.37. The van der Waals surface area contributed by atoms with Gasteiger partial charge in [-0.3, -0.25) is 9.78 Å². The maximum absolute atomic E-state index is 12.4. The molecule has 2 unspecified atom stereocenters. The fraction of sp³-hybridized carbons (Fsp3) is 0.625. The molecule has 1 aromatic heterocycles. The fourth-order valence-electron chi connectivity index (χ4n) is 3.45. The number of carbonyl (C=O) groups excluding carboxylic acids is 1. The summed E-state index contributed by atoms with van der Waals surface area (Å²) in [7, 11) is 0. The second-order valence-electron chi connectivity index (χ2n) is 6.79. The number of nitrogens with one attached hydrogen (secondary N) is 1. The first-order chi connectivity index (χ1) is 9.41. The van der Waals surface area contributed by atoms with Crippen LogP contribution in [-0.2, 0) is 11.4 Å². The zero-order valence-corrected chi connectivity index (χ0v) is 12.5. The molecule has 1 fully saturated rings. The minimum Gasteiger partial charge on any atom is -0.392 e. The van der Waals surface area contributed by atoms with E-state index < -0.39 is 0 Å². The third-order valence-corrected chi connectivity index (χ3v) is 4.10. The Kier molecular flexibility index (Phi) is 4.43. The van der Waals surface area contributed by atoms with Gasteiger partial charge in [0, 0.05) is 17.7 Å². The van der Waals surface area contributed by atoms with Gasteiger partial charge in [0.05, 0.1) is 18.5 Å². The van der Waals surface area contributed by atoms with E-state index in [0.717, 1.165) is 12.8 Å². The highest BCUT2D eigenvalue weighted by Gasteiger charge is 2.35. The van der Waals surface area contributed by atoms with Gasteiger partial charge in [-0.05, 0) is 36.7 Å². The van der Waals surface area contributed by atoms with Gasteiger partial charge in [-0.25, -0.2) is 0 Å². The van der Waals surface area contributed by atoms with Gasteiger partial charge in [-0.2, -0.15) is 0 Å². The molecule has 0 spiro atoms. The Hall–Kier alpha value is -1.42. The molecular weight excluding hydrogens is 252 g/mol. The van der Waals surface area contributed by atoms with Crippen molar-refractivity contribution in [3.63, 3.8) is 0 Å². The van der Waals surface area contributed by atoms with Crippen LogP contribution < -0.4 is 5.32 Å². The molecule has 20 heavy (non-hydrogen) atoms. The van der Waals surface area contributed by atoms with E-state index in [-0.39, 0.29) is 23.8 Å². The van der Waals surface area contributed by atoms with Gasteiger partial charge >= 0.3 is 0 Å². The Bertz CT molecular complexity index is 485. The highest BCUT2D eigenvalue weighted by Crippen LogP contribution is 2.42. The van der Waals surface area contributed by atoms with Crippen LogP contribution in [-0.4, -0.2) is 16.0 Å². The molecule has 0 bridgehead atoms. The van der Waals surface area contributed by atoms with Crippen molar-refractivity contribution in [1.82, 2.24) is 4.98 Å². The van der Waals surface area contributed by atoms with Crippen molar-refractivity contribution in [1.29, 1.82) is 0 Å². The van der Waals surface area contributed by atoms with Crippen LogP contribution >= 0.6 is 0 Å². The molecule has 1 heterocycles. The smallest absolute Gasteiger partial charge is 0.227 e. The Morgan fingerprint density at radius 1 is 1.50 bits per heavy atom. The minimum atomic E-state index is -0.0926. The van der Waals surface area contributed by atoms with Crippen molar-refractivity contribution in [3.05, 3.63) is 24.0 Å². The molecule has 0 saturated heterocycles. The van der Waals surface area contributed by atoms with Gasteiger partial charge in [-0.1, -0.05) is 20.8 Å². The quantitative estimate of drug-likeness (QED) is 0.892. The van der Waals surface area contributed by atoms with E-state index in [0.29, 0.717) is 17.2 Å². The van der Waals surface area contributed by atoms with Crippen molar-refractivity contribution in [3.8, 4) is 0 Å². The Labute approximate surface area is 120 Å². The number of amides is 1. The number of pyridine rings is 1. The van der Waals surface area contributed by atoms with E-state index in [9.17, 15) is 9.90 Å². The van der Waals surface area contributed by atoms with Crippen molar-refractivity contribution >= 4 is 11.6 Å². The number of aliphatic hydroxyl groups is 1. The summed E-state index contributed by atoms with van der Waals surface area (Å²) < 4.78 is 0. The molecule has 2 atom stereocenters. The van der Waals surface area contributed by atoms with Gasteiger partial charge in [0.25, 0.3) is 0 Å². The first-order valence-electron chi connectivity index (χ1n) is 7.26. The molecule has 4 nitrogen and oxygen atoms in total. The minimum absolute atomic E-state index is 0.0421.